The van der Waals surface area contributed by atoms with Crippen LogP contribution in [0.1, 0.15) is 34.0 Å². The first-order chi connectivity index (χ1) is 26.8. The maximum atomic E-state index is 15.4. The molecule has 56 heavy (non-hydrogen) atoms. The average Bonchev–Trinajstić information content (AvgIpc) is 3.42. The summed E-state index contributed by atoms with van der Waals surface area (Å²) in [6, 6.07) is 9.22. The van der Waals surface area contributed by atoms with E-state index >= 15 is 4.39 Å². The van der Waals surface area contributed by atoms with E-state index in [4.69, 9.17) is 19.9 Å². The number of anilines is 3. The van der Waals surface area contributed by atoms with Crippen LogP contribution in [0.5, 0.6) is 17.2 Å². The van der Waals surface area contributed by atoms with E-state index in [0.717, 1.165) is 11.6 Å². The molecule has 0 bridgehead atoms. The lowest BCUT2D eigenvalue weighted by atomic mass is 10.1. The predicted octanol–water partition coefficient (Wildman–Crippen LogP) is 4.33. The normalized spacial score (nSPS) is 16.4. The lowest BCUT2D eigenvalue weighted by molar-refractivity contribution is -0.112. The smallest absolute Gasteiger partial charge is 0.341 e. The third kappa shape index (κ3) is 6.78. The molecule has 0 saturated carbocycles. The summed E-state index contributed by atoms with van der Waals surface area (Å²) in [6.07, 6.45) is 2.36. The largest absolute Gasteiger partial charge is 0.493 e. The molecule has 0 radical (unpaired) electrons. The third-order valence-electron chi connectivity index (χ3n) is 9.85. The molecule has 1 saturated heterocycles. The molecule has 3 aromatic carbocycles. The number of carboxylic acids is 1. The molecule has 1 unspecified atom stereocenters. The van der Waals surface area contributed by atoms with Crippen LogP contribution in [0.2, 0.25) is 0 Å². The summed E-state index contributed by atoms with van der Waals surface area (Å²) in [6.45, 7) is 2.78. The van der Waals surface area contributed by atoms with E-state index in [1.807, 2.05) is 11.8 Å². The second-order valence-electron chi connectivity index (χ2n) is 13.2. The molecule has 0 spiro atoms. The Hall–Kier alpha value is -6.69. The Morgan fingerprint density at radius 1 is 1.02 bits per heavy atom. The number of rotatable bonds is 10. The molecule has 0 aliphatic carbocycles. The fourth-order valence-corrected chi connectivity index (χ4v) is 6.99. The summed E-state index contributed by atoms with van der Waals surface area (Å²) in [7, 11) is 4.53. The number of fused-ring (bicyclic) bond motifs is 2. The van der Waals surface area contributed by atoms with Gasteiger partial charge in [-0.25, -0.2) is 23.6 Å². The minimum atomic E-state index is -1.63. The van der Waals surface area contributed by atoms with E-state index < -0.39 is 39.9 Å². The first-order valence-electron chi connectivity index (χ1n) is 17.2. The van der Waals surface area contributed by atoms with Gasteiger partial charge in [0.05, 0.1) is 56.5 Å². The zero-order valence-corrected chi connectivity index (χ0v) is 30.5. The van der Waals surface area contributed by atoms with Gasteiger partial charge < -0.3 is 30.0 Å². The molecule has 1 atom stereocenters. The van der Waals surface area contributed by atoms with Crippen LogP contribution in [-0.4, -0.2) is 96.0 Å². The van der Waals surface area contributed by atoms with Gasteiger partial charge in [-0.1, -0.05) is 4.48 Å². The van der Waals surface area contributed by atoms with Gasteiger partial charge in [0.1, 0.15) is 28.7 Å². The van der Waals surface area contributed by atoms with Gasteiger partial charge in [0.25, 0.3) is 11.9 Å². The van der Waals surface area contributed by atoms with Crippen molar-refractivity contribution in [1.82, 2.24) is 19.7 Å². The fraction of sp³-hybridized carbons (Fsp3) is 0.263. The van der Waals surface area contributed by atoms with E-state index in [1.54, 1.807) is 17.0 Å². The standard InChI is InChI=1S/C38H35F3N8O7/c1-19-16-46(29-14-28-24(13-26(29)40)33(50)25(37(52)53)17-49(28)41)7-8-47(19)18-48-27-6-5-22(39)12-23(27)32(36(48)51)44-38-43-15-21(35(42)45-38)9-20-10-30(54-2)34(56-4)31(11-20)55-3/h5-6,10-15,17,19H,7-9,16,18H2,1-4H3,(H,52,53)(H2,42,43,45)/b44-32-. The maximum absolute atomic E-state index is 15.4. The first-order valence-corrected chi connectivity index (χ1v) is 17.2. The molecule has 2 aliphatic heterocycles. The van der Waals surface area contributed by atoms with Crippen LogP contribution in [0.4, 0.5) is 36.4 Å². The van der Waals surface area contributed by atoms with Crippen LogP contribution in [0.15, 0.2) is 64.6 Å². The van der Waals surface area contributed by atoms with Crippen LogP contribution < -0.4 is 35.2 Å². The molecular formula is C38H35F3N8O7. The van der Waals surface area contributed by atoms with Gasteiger partial charge in [-0.2, -0.15) is 9.77 Å². The van der Waals surface area contributed by atoms with Crippen LogP contribution >= 0.6 is 0 Å². The van der Waals surface area contributed by atoms with Gasteiger partial charge in [0.2, 0.25) is 11.2 Å². The summed E-state index contributed by atoms with van der Waals surface area (Å²) in [4.78, 5) is 56.1. The van der Waals surface area contributed by atoms with Gasteiger partial charge in [0.15, 0.2) is 11.5 Å². The topological polar surface area (TPSA) is 178 Å². The number of carbonyl (C=O) groups is 2. The van der Waals surface area contributed by atoms with Crippen molar-refractivity contribution in [2.45, 2.75) is 19.4 Å². The summed E-state index contributed by atoms with van der Waals surface area (Å²) >= 11 is 0. The highest BCUT2D eigenvalue weighted by Gasteiger charge is 2.37. The number of nitrogen functional groups attached to an aromatic ring is 1. The van der Waals surface area contributed by atoms with Crippen LogP contribution in [0.25, 0.3) is 10.9 Å². The van der Waals surface area contributed by atoms with Crippen molar-refractivity contribution in [2.24, 2.45) is 4.99 Å². The summed E-state index contributed by atoms with van der Waals surface area (Å²) < 4.78 is 61.1. The minimum absolute atomic E-state index is 0.00715. The van der Waals surface area contributed by atoms with Crippen molar-refractivity contribution < 1.29 is 42.2 Å². The number of methoxy groups -OCH3 is 3. The molecule has 3 N–H and O–H groups in total. The molecule has 4 heterocycles. The van der Waals surface area contributed by atoms with Gasteiger partial charge in [-0.3, -0.25) is 19.4 Å². The zero-order chi connectivity index (χ0) is 40.0. The Morgan fingerprint density at radius 3 is 2.39 bits per heavy atom. The monoisotopic (exact) mass is 772 g/mol. The van der Waals surface area contributed by atoms with Gasteiger partial charge in [-0.15, -0.1) is 0 Å². The van der Waals surface area contributed by atoms with E-state index in [0.29, 0.717) is 47.7 Å². The Morgan fingerprint density at radius 2 is 1.75 bits per heavy atom. The van der Waals surface area contributed by atoms with Crippen molar-refractivity contribution in [3.63, 3.8) is 0 Å². The number of aromatic carboxylic acids is 1. The quantitative estimate of drug-likeness (QED) is 0.206. The highest BCUT2D eigenvalue weighted by molar-refractivity contribution is 6.54. The van der Waals surface area contributed by atoms with E-state index in [1.165, 1.54) is 56.7 Å². The van der Waals surface area contributed by atoms with Crippen molar-refractivity contribution in [1.29, 1.82) is 0 Å². The highest BCUT2D eigenvalue weighted by Crippen LogP contribution is 2.39. The fourth-order valence-electron chi connectivity index (χ4n) is 6.99. The second-order valence-corrected chi connectivity index (χ2v) is 13.2. The number of nitrogens with two attached hydrogens (primary N) is 1. The number of piperazine rings is 1. The van der Waals surface area contributed by atoms with Crippen LogP contribution in [0.3, 0.4) is 0 Å². The number of hydrogen-bond acceptors (Lipinski definition) is 12. The number of hydrogen-bond donors (Lipinski definition) is 2. The number of carboxylic acid groups (broad SMARTS) is 1. The molecule has 15 nitrogen and oxygen atoms in total. The Bertz CT molecular complexity index is 2490. The third-order valence-corrected chi connectivity index (χ3v) is 9.85. The Balaban J connectivity index is 1.10. The maximum Gasteiger partial charge on any atom is 0.341 e. The molecule has 7 rings (SSSR count). The molecule has 2 aromatic heterocycles. The summed E-state index contributed by atoms with van der Waals surface area (Å²) in [5.74, 6) is -2.17. The zero-order valence-electron chi connectivity index (χ0n) is 30.5. The number of aromatic nitrogens is 3. The van der Waals surface area contributed by atoms with E-state index in [-0.39, 0.29) is 64.8 Å². The number of nitrogens with zero attached hydrogens (tertiary/aromatic N) is 7. The Kier molecular flexibility index (Phi) is 9.98. The van der Waals surface area contributed by atoms with Crippen molar-refractivity contribution >= 4 is 51.6 Å². The van der Waals surface area contributed by atoms with Gasteiger partial charge in [-0.05, 0) is 55.0 Å². The summed E-state index contributed by atoms with van der Waals surface area (Å²) in [5.41, 5.74) is 6.19. The van der Waals surface area contributed by atoms with Crippen LogP contribution in [-0.2, 0) is 11.2 Å². The molecule has 2 aliphatic rings. The minimum Gasteiger partial charge on any atom is -0.493 e. The molecule has 5 aromatic rings. The molecule has 290 valence electrons. The van der Waals surface area contributed by atoms with Gasteiger partial charge in [0, 0.05) is 49.4 Å². The number of benzene rings is 3. The number of halogens is 3. The summed E-state index contributed by atoms with van der Waals surface area (Å²) in [5, 5.41) is 8.84. The predicted molar refractivity (Wildman–Crippen MR) is 200 cm³/mol. The van der Waals surface area contributed by atoms with Crippen molar-refractivity contribution in [3.8, 4) is 17.2 Å². The van der Waals surface area contributed by atoms with E-state index in [9.17, 15) is 28.4 Å². The van der Waals surface area contributed by atoms with Gasteiger partial charge >= 0.3 is 5.97 Å². The average molecular weight is 773 g/mol. The molecular weight excluding hydrogens is 737 g/mol. The number of amides is 1. The highest BCUT2D eigenvalue weighted by atomic mass is 19.2. The van der Waals surface area contributed by atoms with Crippen LogP contribution in [0, 0.1) is 11.6 Å². The second kappa shape index (κ2) is 14.9. The lowest BCUT2D eigenvalue weighted by Crippen LogP contribution is -2.55. The van der Waals surface area contributed by atoms with Crippen molar-refractivity contribution in [2.75, 3.05) is 63.2 Å². The number of pyridine rings is 1. The Labute approximate surface area is 316 Å². The molecule has 1 amide bonds. The lowest BCUT2D eigenvalue weighted by Gasteiger charge is -2.42. The first kappa shape index (κ1) is 37.6. The number of aliphatic imine (C=N–C) groups is 1. The van der Waals surface area contributed by atoms with Crippen molar-refractivity contribution in [3.05, 3.63) is 99.0 Å². The molecule has 18 heteroatoms. The van der Waals surface area contributed by atoms with E-state index in [2.05, 4.69) is 15.0 Å². The number of carbonyl (C=O) groups excluding carboxylic acids is 1. The SMILES string of the molecule is COc1cc(Cc2cnc(/N=C3\C(=O)N(CN4CCN(c5cc6c(cc5F)c(=O)c(C(=O)O)cn6F)CC4C)c4ccc(F)cc43)nc2N)cc(OC)c1OC. The number of ether oxygens (including phenoxy) is 3. The molecule has 1 fully saturated rings.